The lowest BCUT2D eigenvalue weighted by Gasteiger charge is -2.21. The van der Waals surface area contributed by atoms with Crippen LogP contribution in [0.2, 0.25) is 0 Å². The summed E-state index contributed by atoms with van der Waals surface area (Å²) in [5, 5.41) is 12.5. The summed E-state index contributed by atoms with van der Waals surface area (Å²) in [4.78, 5) is 11.2. The van der Waals surface area contributed by atoms with E-state index in [0.29, 0.717) is 18.9 Å². The zero-order valence-electron chi connectivity index (χ0n) is 12.0. The minimum Gasteiger partial charge on any atom is -0.481 e. The molecule has 0 radical (unpaired) electrons. The predicted molar refractivity (Wildman–Crippen MR) is 80.8 cm³/mol. The smallest absolute Gasteiger partial charge is 0.307 e. The summed E-state index contributed by atoms with van der Waals surface area (Å²) in [6.45, 7) is 4.97. The maximum absolute atomic E-state index is 11.2. The fourth-order valence-corrected chi connectivity index (χ4v) is 4.07. The van der Waals surface area contributed by atoms with Crippen LogP contribution in [0.1, 0.15) is 43.4 Å². The maximum Gasteiger partial charge on any atom is 0.307 e. The lowest BCUT2D eigenvalue weighted by atomic mass is 9.90. The normalized spacial score (nSPS) is 23.8. The molecule has 0 amide bonds. The molecule has 0 spiro atoms. The van der Waals surface area contributed by atoms with Crippen molar-refractivity contribution in [3.63, 3.8) is 0 Å². The summed E-state index contributed by atoms with van der Waals surface area (Å²) < 4.78 is 11.9. The first-order chi connectivity index (χ1) is 9.99. The number of rotatable bonds is 3. The number of ether oxygens (including phenoxy) is 2. The van der Waals surface area contributed by atoms with Crippen LogP contribution >= 0.6 is 15.9 Å². The molecule has 0 bridgehead atoms. The minimum atomic E-state index is -0.740. The number of fused-ring (bicyclic) bond motifs is 1. The molecule has 2 aliphatic rings. The van der Waals surface area contributed by atoms with Crippen LogP contribution in [0.3, 0.4) is 0 Å². The van der Waals surface area contributed by atoms with Gasteiger partial charge in [0.15, 0.2) is 11.5 Å². The highest BCUT2D eigenvalue weighted by Crippen LogP contribution is 2.47. The SMILES string of the molecule is CC(C)c1c(C2CC(C(=O)O)CN2)cc2c(c1Br)OCO2. The summed E-state index contributed by atoms with van der Waals surface area (Å²) in [5.74, 6) is 0.696. The summed E-state index contributed by atoms with van der Waals surface area (Å²) in [6, 6.07) is 2.03. The van der Waals surface area contributed by atoms with Gasteiger partial charge in [-0.15, -0.1) is 0 Å². The topological polar surface area (TPSA) is 67.8 Å². The number of benzene rings is 1. The van der Waals surface area contributed by atoms with E-state index in [9.17, 15) is 9.90 Å². The fraction of sp³-hybridized carbons (Fsp3) is 0.533. The van der Waals surface area contributed by atoms with Crippen molar-refractivity contribution in [2.45, 2.75) is 32.2 Å². The average molecular weight is 356 g/mol. The van der Waals surface area contributed by atoms with Gasteiger partial charge in [-0.1, -0.05) is 13.8 Å². The number of halogens is 1. The Morgan fingerprint density at radius 1 is 1.48 bits per heavy atom. The molecular formula is C15H18BrNO4. The third-order valence-corrected chi connectivity index (χ3v) is 4.90. The second-order valence-electron chi connectivity index (χ2n) is 5.81. The van der Waals surface area contributed by atoms with Crippen molar-refractivity contribution in [3.05, 3.63) is 21.7 Å². The van der Waals surface area contributed by atoms with Crippen molar-refractivity contribution >= 4 is 21.9 Å². The van der Waals surface area contributed by atoms with Crippen molar-refractivity contribution in [3.8, 4) is 11.5 Å². The molecule has 21 heavy (non-hydrogen) atoms. The predicted octanol–water partition coefficient (Wildman–Crippen LogP) is 3.04. The number of aliphatic carboxylic acids is 1. The van der Waals surface area contributed by atoms with Gasteiger partial charge in [-0.3, -0.25) is 4.79 Å². The van der Waals surface area contributed by atoms with Crippen LogP contribution in [0, 0.1) is 5.92 Å². The molecule has 0 aliphatic carbocycles. The summed E-state index contributed by atoms with van der Waals surface area (Å²) in [5.41, 5.74) is 2.26. The van der Waals surface area contributed by atoms with Crippen molar-refractivity contribution in [2.24, 2.45) is 5.92 Å². The van der Waals surface area contributed by atoms with Gasteiger partial charge in [-0.05, 0) is 45.5 Å². The highest BCUT2D eigenvalue weighted by molar-refractivity contribution is 9.10. The molecule has 0 aromatic heterocycles. The molecule has 6 heteroatoms. The van der Waals surface area contributed by atoms with Gasteiger partial charge in [-0.2, -0.15) is 0 Å². The molecule has 2 heterocycles. The Labute approximate surface area is 131 Å². The number of hydrogen-bond donors (Lipinski definition) is 2. The Balaban J connectivity index is 2.02. The fourth-order valence-electron chi connectivity index (χ4n) is 3.07. The van der Waals surface area contributed by atoms with E-state index in [1.165, 1.54) is 0 Å². The maximum atomic E-state index is 11.2. The monoisotopic (exact) mass is 355 g/mol. The van der Waals surface area contributed by atoms with Crippen molar-refractivity contribution in [1.29, 1.82) is 0 Å². The van der Waals surface area contributed by atoms with Gasteiger partial charge in [0.2, 0.25) is 6.79 Å². The van der Waals surface area contributed by atoms with Crippen LogP contribution in [0.4, 0.5) is 0 Å². The highest BCUT2D eigenvalue weighted by atomic mass is 79.9. The van der Waals surface area contributed by atoms with Crippen molar-refractivity contribution in [2.75, 3.05) is 13.3 Å². The molecule has 2 N–H and O–H groups in total. The molecule has 0 saturated carbocycles. The molecular weight excluding hydrogens is 338 g/mol. The number of carboxylic acid groups (broad SMARTS) is 1. The van der Waals surface area contributed by atoms with E-state index < -0.39 is 5.97 Å². The summed E-state index contributed by atoms with van der Waals surface area (Å²) in [7, 11) is 0. The molecule has 1 fully saturated rings. The largest absolute Gasteiger partial charge is 0.481 e. The molecule has 1 aromatic carbocycles. The van der Waals surface area contributed by atoms with Crippen LogP contribution in [0.25, 0.3) is 0 Å². The first-order valence-corrected chi connectivity index (χ1v) is 7.86. The van der Waals surface area contributed by atoms with E-state index in [0.717, 1.165) is 27.1 Å². The summed E-state index contributed by atoms with van der Waals surface area (Å²) >= 11 is 3.63. The van der Waals surface area contributed by atoms with Crippen LogP contribution in [0.5, 0.6) is 11.5 Å². The zero-order chi connectivity index (χ0) is 15.1. The zero-order valence-corrected chi connectivity index (χ0v) is 13.6. The molecule has 2 atom stereocenters. The average Bonchev–Trinajstić information content (AvgIpc) is 3.06. The Morgan fingerprint density at radius 2 is 2.24 bits per heavy atom. The quantitative estimate of drug-likeness (QED) is 0.872. The van der Waals surface area contributed by atoms with E-state index in [-0.39, 0.29) is 18.8 Å². The Kier molecular flexibility index (Phi) is 3.84. The highest BCUT2D eigenvalue weighted by Gasteiger charge is 2.34. The molecule has 2 aliphatic heterocycles. The Hall–Kier alpha value is -1.27. The van der Waals surface area contributed by atoms with E-state index in [1.54, 1.807) is 0 Å². The molecule has 5 nitrogen and oxygen atoms in total. The van der Waals surface area contributed by atoms with E-state index in [2.05, 4.69) is 35.1 Å². The summed E-state index contributed by atoms with van der Waals surface area (Å²) in [6.07, 6.45) is 0.598. The van der Waals surface area contributed by atoms with Crippen LogP contribution in [0.15, 0.2) is 10.5 Å². The number of nitrogens with one attached hydrogen (secondary N) is 1. The van der Waals surface area contributed by atoms with Gasteiger partial charge in [0.1, 0.15) is 0 Å². The molecule has 2 unspecified atom stereocenters. The molecule has 1 aromatic rings. The minimum absolute atomic E-state index is 0.0364. The van der Waals surface area contributed by atoms with Gasteiger partial charge >= 0.3 is 5.97 Å². The standard InChI is InChI=1S/C15H18BrNO4/c1-7(2)12-9(10-3-8(5-17-10)15(18)19)4-11-14(13(12)16)21-6-20-11/h4,7-8,10,17H,3,5-6H2,1-2H3,(H,18,19). The number of carbonyl (C=O) groups is 1. The van der Waals surface area contributed by atoms with Crippen LogP contribution in [-0.4, -0.2) is 24.4 Å². The van der Waals surface area contributed by atoms with Gasteiger partial charge < -0.3 is 19.9 Å². The molecule has 3 rings (SSSR count). The van der Waals surface area contributed by atoms with Crippen molar-refractivity contribution < 1.29 is 19.4 Å². The second kappa shape index (κ2) is 5.50. The van der Waals surface area contributed by atoms with Gasteiger partial charge in [0.05, 0.1) is 10.4 Å². The Morgan fingerprint density at radius 3 is 2.86 bits per heavy atom. The first kappa shape index (κ1) is 14.7. The van der Waals surface area contributed by atoms with Crippen LogP contribution < -0.4 is 14.8 Å². The molecule has 1 saturated heterocycles. The van der Waals surface area contributed by atoms with Crippen molar-refractivity contribution in [1.82, 2.24) is 5.32 Å². The number of carboxylic acids is 1. The number of hydrogen-bond acceptors (Lipinski definition) is 4. The second-order valence-corrected chi connectivity index (χ2v) is 6.61. The van der Waals surface area contributed by atoms with E-state index in [4.69, 9.17) is 9.47 Å². The van der Waals surface area contributed by atoms with Gasteiger partial charge in [-0.25, -0.2) is 0 Å². The Bertz CT molecular complexity index is 588. The van der Waals surface area contributed by atoms with Gasteiger partial charge in [0, 0.05) is 12.6 Å². The van der Waals surface area contributed by atoms with E-state index in [1.807, 2.05) is 6.07 Å². The van der Waals surface area contributed by atoms with Gasteiger partial charge in [0.25, 0.3) is 0 Å². The lowest BCUT2D eigenvalue weighted by molar-refractivity contribution is -0.141. The van der Waals surface area contributed by atoms with Crippen LogP contribution in [-0.2, 0) is 4.79 Å². The third-order valence-electron chi connectivity index (χ3n) is 4.11. The van der Waals surface area contributed by atoms with E-state index >= 15 is 0 Å². The third kappa shape index (κ3) is 2.51. The first-order valence-electron chi connectivity index (χ1n) is 7.07. The molecule has 114 valence electrons. The lowest BCUT2D eigenvalue weighted by Crippen LogP contribution is -2.18.